The van der Waals surface area contributed by atoms with Crippen LogP contribution in [0.3, 0.4) is 0 Å². The lowest BCUT2D eigenvalue weighted by Gasteiger charge is -2.11. The van der Waals surface area contributed by atoms with E-state index in [4.69, 9.17) is 15.6 Å². The normalized spacial score (nSPS) is 10.4. The number of rotatable bonds is 6. The number of carbonyl (C=O) groups excluding carboxylic acids is 1. The Labute approximate surface area is 122 Å². The molecule has 0 saturated heterocycles. The van der Waals surface area contributed by atoms with E-state index in [1.165, 1.54) is 6.20 Å². The summed E-state index contributed by atoms with van der Waals surface area (Å²) in [6.45, 7) is 2.31. The molecule has 0 radical (unpaired) electrons. The number of nitrogens with zero attached hydrogens (tertiary/aromatic N) is 2. The third kappa shape index (κ3) is 3.76. The van der Waals surface area contributed by atoms with Gasteiger partial charge in [-0.15, -0.1) is 0 Å². The van der Waals surface area contributed by atoms with Crippen LogP contribution in [0.15, 0.2) is 30.5 Å². The fourth-order valence-corrected chi connectivity index (χ4v) is 1.76. The van der Waals surface area contributed by atoms with Crippen molar-refractivity contribution >= 4 is 5.91 Å². The number of hydrogen-bond donors (Lipinski definition) is 2. The first-order valence-corrected chi connectivity index (χ1v) is 6.59. The molecule has 2 aromatic rings. The number of amides is 1. The quantitative estimate of drug-likeness (QED) is 0.781. The summed E-state index contributed by atoms with van der Waals surface area (Å²) in [6.07, 6.45) is 2.00. The summed E-state index contributed by atoms with van der Waals surface area (Å²) in [5, 5.41) is 8.82. The standard InChI is InChI=1S/C15H17N3O3/c1-10-3-5-11(6-4-10)12-9-17-14(13(16)20)18-15(12)21-8-2-7-19/h3-6,9,19H,2,7-8H2,1H3,(H2,16,20). The lowest BCUT2D eigenvalue weighted by molar-refractivity contribution is 0.0989. The summed E-state index contributed by atoms with van der Waals surface area (Å²) in [5.74, 6) is -0.515. The molecule has 6 heteroatoms. The second kappa shape index (κ2) is 6.81. The number of aliphatic hydroxyl groups is 1. The Morgan fingerprint density at radius 3 is 2.67 bits per heavy atom. The largest absolute Gasteiger partial charge is 0.477 e. The van der Waals surface area contributed by atoms with Crippen molar-refractivity contribution in [2.75, 3.05) is 13.2 Å². The highest BCUT2D eigenvalue weighted by Gasteiger charge is 2.13. The van der Waals surface area contributed by atoms with Gasteiger partial charge in [0, 0.05) is 19.2 Å². The molecule has 0 spiro atoms. The molecular formula is C15H17N3O3. The summed E-state index contributed by atoms with van der Waals surface area (Å²) in [4.78, 5) is 19.2. The van der Waals surface area contributed by atoms with Crippen LogP contribution >= 0.6 is 0 Å². The van der Waals surface area contributed by atoms with E-state index in [9.17, 15) is 4.79 Å². The first-order chi connectivity index (χ1) is 10.1. The number of primary amides is 1. The summed E-state index contributed by atoms with van der Waals surface area (Å²) in [5.41, 5.74) is 7.89. The average molecular weight is 287 g/mol. The van der Waals surface area contributed by atoms with Gasteiger partial charge in [-0.05, 0) is 12.5 Å². The molecule has 0 unspecified atom stereocenters. The second-order valence-corrected chi connectivity index (χ2v) is 4.57. The number of ether oxygens (including phenoxy) is 1. The average Bonchev–Trinajstić information content (AvgIpc) is 2.48. The zero-order valence-electron chi connectivity index (χ0n) is 11.7. The fraction of sp³-hybridized carbons (Fsp3) is 0.267. The van der Waals surface area contributed by atoms with Crippen molar-refractivity contribution in [1.29, 1.82) is 0 Å². The van der Waals surface area contributed by atoms with E-state index in [1.807, 2.05) is 31.2 Å². The van der Waals surface area contributed by atoms with Crippen LogP contribution in [-0.2, 0) is 0 Å². The van der Waals surface area contributed by atoms with Crippen molar-refractivity contribution < 1.29 is 14.6 Å². The maximum Gasteiger partial charge on any atom is 0.286 e. The number of nitrogens with two attached hydrogens (primary N) is 1. The Morgan fingerprint density at radius 2 is 2.05 bits per heavy atom. The van der Waals surface area contributed by atoms with Crippen LogP contribution in [0, 0.1) is 6.92 Å². The highest BCUT2D eigenvalue weighted by molar-refractivity contribution is 5.89. The minimum Gasteiger partial charge on any atom is -0.477 e. The topological polar surface area (TPSA) is 98.3 Å². The van der Waals surface area contributed by atoms with Crippen LogP contribution in [0.1, 0.15) is 22.6 Å². The van der Waals surface area contributed by atoms with Gasteiger partial charge in [-0.25, -0.2) is 4.98 Å². The van der Waals surface area contributed by atoms with Crippen molar-refractivity contribution in [2.45, 2.75) is 13.3 Å². The zero-order chi connectivity index (χ0) is 15.2. The van der Waals surface area contributed by atoms with E-state index in [0.29, 0.717) is 18.6 Å². The monoisotopic (exact) mass is 287 g/mol. The highest BCUT2D eigenvalue weighted by atomic mass is 16.5. The van der Waals surface area contributed by atoms with E-state index in [1.54, 1.807) is 0 Å². The first-order valence-electron chi connectivity index (χ1n) is 6.59. The van der Waals surface area contributed by atoms with E-state index in [0.717, 1.165) is 11.1 Å². The van der Waals surface area contributed by atoms with Gasteiger partial charge in [0.1, 0.15) is 0 Å². The molecular weight excluding hydrogens is 270 g/mol. The van der Waals surface area contributed by atoms with Gasteiger partial charge in [-0.2, -0.15) is 4.98 Å². The Balaban J connectivity index is 2.38. The molecule has 2 rings (SSSR count). The molecule has 1 aromatic carbocycles. The number of hydrogen-bond acceptors (Lipinski definition) is 5. The van der Waals surface area contributed by atoms with Gasteiger partial charge in [0.25, 0.3) is 5.91 Å². The molecule has 110 valence electrons. The molecule has 1 heterocycles. The van der Waals surface area contributed by atoms with Crippen molar-refractivity contribution in [1.82, 2.24) is 9.97 Å². The predicted molar refractivity (Wildman–Crippen MR) is 77.9 cm³/mol. The Bertz CT molecular complexity index is 627. The minimum absolute atomic E-state index is 0.0215. The number of benzene rings is 1. The van der Waals surface area contributed by atoms with Crippen LogP contribution in [-0.4, -0.2) is 34.2 Å². The molecule has 0 aliphatic heterocycles. The van der Waals surface area contributed by atoms with Gasteiger partial charge in [0.2, 0.25) is 11.7 Å². The molecule has 0 fully saturated rings. The van der Waals surface area contributed by atoms with E-state index in [-0.39, 0.29) is 18.3 Å². The molecule has 0 saturated carbocycles. The summed E-state index contributed by atoms with van der Waals surface area (Å²) in [7, 11) is 0. The zero-order valence-corrected chi connectivity index (χ0v) is 11.7. The Morgan fingerprint density at radius 1 is 1.33 bits per heavy atom. The molecule has 6 nitrogen and oxygen atoms in total. The molecule has 1 amide bonds. The van der Waals surface area contributed by atoms with E-state index < -0.39 is 5.91 Å². The van der Waals surface area contributed by atoms with Crippen molar-refractivity contribution in [3.05, 3.63) is 41.9 Å². The third-order valence-corrected chi connectivity index (χ3v) is 2.88. The second-order valence-electron chi connectivity index (χ2n) is 4.57. The molecule has 0 atom stereocenters. The number of carbonyl (C=O) groups is 1. The van der Waals surface area contributed by atoms with Crippen LogP contribution in [0.2, 0.25) is 0 Å². The number of aryl methyl sites for hydroxylation is 1. The molecule has 1 aromatic heterocycles. The van der Waals surface area contributed by atoms with Gasteiger partial charge in [0.05, 0.1) is 12.2 Å². The van der Waals surface area contributed by atoms with Gasteiger partial charge < -0.3 is 15.6 Å². The SMILES string of the molecule is Cc1ccc(-c2cnc(C(N)=O)nc2OCCCO)cc1. The van der Waals surface area contributed by atoms with Crippen LogP contribution < -0.4 is 10.5 Å². The fourth-order valence-electron chi connectivity index (χ4n) is 1.76. The van der Waals surface area contributed by atoms with Crippen molar-refractivity contribution in [3.63, 3.8) is 0 Å². The van der Waals surface area contributed by atoms with Crippen LogP contribution in [0.5, 0.6) is 5.88 Å². The van der Waals surface area contributed by atoms with Gasteiger partial charge >= 0.3 is 0 Å². The Hall–Kier alpha value is -2.47. The van der Waals surface area contributed by atoms with E-state index in [2.05, 4.69) is 9.97 Å². The smallest absolute Gasteiger partial charge is 0.286 e. The number of aliphatic hydroxyl groups excluding tert-OH is 1. The van der Waals surface area contributed by atoms with Crippen molar-refractivity contribution in [3.8, 4) is 17.0 Å². The maximum atomic E-state index is 11.2. The lowest BCUT2D eigenvalue weighted by atomic mass is 10.1. The maximum absolute atomic E-state index is 11.2. The third-order valence-electron chi connectivity index (χ3n) is 2.88. The Kier molecular flexibility index (Phi) is 4.84. The predicted octanol–water partition coefficient (Wildman–Crippen LogP) is 1.31. The molecule has 0 aliphatic carbocycles. The summed E-state index contributed by atoms with van der Waals surface area (Å²) >= 11 is 0. The van der Waals surface area contributed by atoms with E-state index >= 15 is 0 Å². The van der Waals surface area contributed by atoms with Crippen molar-refractivity contribution in [2.24, 2.45) is 5.73 Å². The number of aromatic nitrogens is 2. The van der Waals surface area contributed by atoms with Crippen LogP contribution in [0.25, 0.3) is 11.1 Å². The van der Waals surface area contributed by atoms with Gasteiger partial charge in [-0.1, -0.05) is 29.8 Å². The lowest BCUT2D eigenvalue weighted by Crippen LogP contribution is -2.16. The summed E-state index contributed by atoms with van der Waals surface area (Å²) < 4.78 is 5.53. The first kappa shape index (κ1) is 14.9. The van der Waals surface area contributed by atoms with Gasteiger partial charge in [-0.3, -0.25) is 4.79 Å². The van der Waals surface area contributed by atoms with Crippen LogP contribution in [0.4, 0.5) is 0 Å². The highest BCUT2D eigenvalue weighted by Crippen LogP contribution is 2.27. The minimum atomic E-state index is -0.711. The van der Waals surface area contributed by atoms with Gasteiger partial charge in [0.15, 0.2) is 0 Å². The molecule has 21 heavy (non-hydrogen) atoms. The molecule has 0 aliphatic rings. The molecule has 0 bridgehead atoms. The molecule has 3 N–H and O–H groups in total. The summed E-state index contributed by atoms with van der Waals surface area (Å²) in [6, 6.07) is 7.79.